The molecule has 3 rings (SSSR count). The zero-order chi connectivity index (χ0) is 19.8. The van der Waals surface area contributed by atoms with Crippen LogP contribution in [0.4, 0.5) is 5.69 Å². The molecular formula is C25H28N2S. The summed E-state index contributed by atoms with van der Waals surface area (Å²) < 4.78 is 0. The molecule has 0 atom stereocenters. The highest BCUT2D eigenvalue weighted by Gasteiger charge is 2.11. The molecule has 2 nitrogen and oxygen atoms in total. The van der Waals surface area contributed by atoms with Crippen molar-refractivity contribution in [2.24, 2.45) is 0 Å². The molecule has 0 saturated carbocycles. The van der Waals surface area contributed by atoms with Crippen LogP contribution in [0.15, 0.2) is 78.9 Å². The predicted molar refractivity (Wildman–Crippen MR) is 124 cm³/mol. The van der Waals surface area contributed by atoms with Gasteiger partial charge in [0.2, 0.25) is 0 Å². The first-order chi connectivity index (χ1) is 13.6. The van der Waals surface area contributed by atoms with E-state index in [1.165, 1.54) is 22.3 Å². The van der Waals surface area contributed by atoms with Crippen LogP contribution in [0, 0.1) is 13.8 Å². The van der Waals surface area contributed by atoms with Gasteiger partial charge in [-0.05, 0) is 73.3 Å². The lowest BCUT2D eigenvalue weighted by molar-refractivity contribution is 0.432. The highest BCUT2D eigenvalue weighted by molar-refractivity contribution is 7.80. The van der Waals surface area contributed by atoms with Crippen LogP contribution in [-0.2, 0) is 12.8 Å². The van der Waals surface area contributed by atoms with Crippen molar-refractivity contribution < 1.29 is 0 Å². The van der Waals surface area contributed by atoms with Crippen LogP contribution in [0.5, 0.6) is 0 Å². The first-order valence-electron chi connectivity index (χ1n) is 9.83. The summed E-state index contributed by atoms with van der Waals surface area (Å²) in [6, 6.07) is 27.6. The van der Waals surface area contributed by atoms with Crippen molar-refractivity contribution in [2.75, 3.05) is 18.4 Å². The maximum atomic E-state index is 5.78. The van der Waals surface area contributed by atoms with Crippen LogP contribution in [0.25, 0.3) is 0 Å². The maximum absolute atomic E-state index is 5.78. The third kappa shape index (κ3) is 5.93. The van der Waals surface area contributed by atoms with Gasteiger partial charge in [-0.2, -0.15) is 0 Å². The van der Waals surface area contributed by atoms with Gasteiger partial charge in [0.25, 0.3) is 0 Å². The summed E-state index contributed by atoms with van der Waals surface area (Å²) in [5, 5.41) is 4.23. The first-order valence-corrected chi connectivity index (χ1v) is 10.2. The number of hydrogen-bond acceptors (Lipinski definition) is 1. The Bertz CT molecular complexity index is 847. The van der Waals surface area contributed by atoms with E-state index < -0.39 is 0 Å². The molecule has 0 unspecified atom stereocenters. The average molecular weight is 389 g/mol. The molecule has 0 aliphatic heterocycles. The van der Waals surface area contributed by atoms with Crippen LogP contribution >= 0.6 is 12.2 Å². The van der Waals surface area contributed by atoms with Gasteiger partial charge in [-0.3, -0.25) is 0 Å². The standard InChI is InChI=1S/C25H28N2S/c1-20-13-14-24(19-21(20)2)26-25(28)27(17-15-22-9-5-3-6-10-22)18-16-23-11-7-4-8-12-23/h3-14,19H,15-18H2,1-2H3,(H,26,28). The topological polar surface area (TPSA) is 15.3 Å². The van der Waals surface area contributed by atoms with Crippen molar-refractivity contribution in [3.63, 3.8) is 0 Å². The van der Waals surface area contributed by atoms with Crippen LogP contribution < -0.4 is 5.32 Å². The fourth-order valence-corrected chi connectivity index (χ4v) is 3.45. The molecule has 144 valence electrons. The van der Waals surface area contributed by atoms with E-state index in [1.54, 1.807) is 0 Å². The van der Waals surface area contributed by atoms with Gasteiger partial charge in [-0.1, -0.05) is 66.7 Å². The summed E-state index contributed by atoms with van der Waals surface area (Å²) >= 11 is 5.78. The van der Waals surface area contributed by atoms with E-state index >= 15 is 0 Å². The number of aryl methyl sites for hydroxylation is 2. The molecule has 0 aliphatic rings. The molecule has 3 aromatic rings. The highest BCUT2D eigenvalue weighted by Crippen LogP contribution is 2.15. The SMILES string of the molecule is Cc1ccc(NC(=S)N(CCc2ccccc2)CCc2ccccc2)cc1C. The molecule has 0 fully saturated rings. The molecule has 28 heavy (non-hydrogen) atoms. The molecule has 0 saturated heterocycles. The molecule has 0 aromatic heterocycles. The van der Waals surface area contributed by atoms with Gasteiger partial charge < -0.3 is 10.2 Å². The number of anilines is 1. The van der Waals surface area contributed by atoms with Crippen molar-refractivity contribution in [2.45, 2.75) is 26.7 Å². The van der Waals surface area contributed by atoms with Gasteiger partial charge in [0, 0.05) is 18.8 Å². The Morgan fingerprint density at radius 2 is 1.29 bits per heavy atom. The van der Waals surface area contributed by atoms with Gasteiger partial charge in [-0.25, -0.2) is 0 Å². The Labute approximate surface area is 174 Å². The number of nitrogens with one attached hydrogen (secondary N) is 1. The summed E-state index contributed by atoms with van der Waals surface area (Å²) in [7, 11) is 0. The van der Waals surface area contributed by atoms with Crippen molar-refractivity contribution >= 4 is 23.0 Å². The summed E-state index contributed by atoms with van der Waals surface area (Å²) in [5.74, 6) is 0. The number of hydrogen-bond donors (Lipinski definition) is 1. The van der Waals surface area contributed by atoms with E-state index in [2.05, 4.69) is 103 Å². The van der Waals surface area contributed by atoms with Crippen LogP contribution in [-0.4, -0.2) is 23.1 Å². The van der Waals surface area contributed by atoms with Crippen molar-refractivity contribution in [3.8, 4) is 0 Å². The van der Waals surface area contributed by atoms with Gasteiger partial charge in [0.05, 0.1) is 0 Å². The molecule has 0 aliphatic carbocycles. The monoisotopic (exact) mass is 388 g/mol. The van der Waals surface area contributed by atoms with Crippen LogP contribution in [0.1, 0.15) is 22.3 Å². The minimum Gasteiger partial charge on any atom is -0.348 e. The molecule has 0 spiro atoms. The molecule has 0 bridgehead atoms. The maximum Gasteiger partial charge on any atom is 0.173 e. The van der Waals surface area contributed by atoms with Gasteiger partial charge in [0.15, 0.2) is 5.11 Å². The minimum atomic E-state index is 0.787. The van der Waals surface area contributed by atoms with Crippen molar-refractivity contribution in [1.82, 2.24) is 4.90 Å². The van der Waals surface area contributed by atoms with Crippen LogP contribution in [0.3, 0.4) is 0 Å². The van der Waals surface area contributed by atoms with E-state index in [0.717, 1.165) is 36.7 Å². The average Bonchev–Trinajstić information content (AvgIpc) is 2.72. The molecule has 0 heterocycles. The second-order valence-electron chi connectivity index (χ2n) is 7.19. The smallest absolute Gasteiger partial charge is 0.173 e. The second kappa shape index (κ2) is 10.0. The molecule has 1 N–H and O–H groups in total. The highest BCUT2D eigenvalue weighted by atomic mass is 32.1. The lowest BCUT2D eigenvalue weighted by Gasteiger charge is -2.26. The predicted octanol–water partition coefficient (Wildman–Crippen LogP) is 5.79. The zero-order valence-corrected chi connectivity index (χ0v) is 17.5. The Hall–Kier alpha value is -2.65. The lowest BCUT2D eigenvalue weighted by Crippen LogP contribution is -2.37. The molecule has 0 amide bonds. The summed E-state index contributed by atoms with van der Waals surface area (Å²) in [6.07, 6.45) is 1.95. The number of benzene rings is 3. The van der Waals surface area contributed by atoms with Crippen LogP contribution in [0.2, 0.25) is 0 Å². The third-order valence-electron chi connectivity index (χ3n) is 5.07. The van der Waals surface area contributed by atoms with E-state index in [-0.39, 0.29) is 0 Å². The Kier molecular flexibility index (Phi) is 7.21. The number of nitrogens with zero attached hydrogens (tertiary/aromatic N) is 1. The second-order valence-corrected chi connectivity index (χ2v) is 7.57. The Morgan fingerprint density at radius 1 is 0.750 bits per heavy atom. The Balaban J connectivity index is 1.67. The fraction of sp³-hybridized carbons (Fsp3) is 0.240. The van der Waals surface area contributed by atoms with Crippen molar-refractivity contribution in [3.05, 3.63) is 101 Å². The summed E-state index contributed by atoms with van der Waals surface area (Å²) in [5.41, 5.74) is 6.29. The number of rotatable bonds is 7. The molecule has 0 radical (unpaired) electrons. The first kappa shape index (κ1) is 20.1. The Morgan fingerprint density at radius 3 is 1.79 bits per heavy atom. The van der Waals surface area contributed by atoms with Gasteiger partial charge in [0.1, 0.15) is 0 Å². The third-order valence-corrected chi connectivity index (χ3v) is 5.43. The summed E-state index contributed by atoms with van der Waals surface area (Å²) in [6.45, 7) is 6.05. The van der Waals surface area contributed by atoms with E-state index in [9.17, 15) is 0 Å². The van der Waals surface area contributed by atoms with Crippen molar-refractivity contribution in [1.29, 1.82) is 0 Å². The number of thiocarbonyl (C=S) groups is 1. The van der Waals surface area contributed by atoms with E-state index in [4.69, 9.17) is 12.2 Å². The minimum absolute atomic E-state index is 0.787. The van der Waals surface area contributed by atoms with Gasteiger partial charge >= 0.3 is 0 Å². The zero-order valence-electron chi connectivity index (χ0n) is 16.7. The summed E-state index contributed by atoms with van der Waals surface area (Å²) in [4.78, 5) is 2.28. The molecular weight excluding hydrogens is 360 g/mol. The quantitative estimate of drug-likeness (QED) is 0.516. The van der Waals surface area contributed by atoms with Gasteiger partial charge in [-0.15, -0.1) is 0 Å². The largest absolute Gasteiger partial charge is 0.348 e. The normalized spacial score (nSPS) is 10.5. The molecule has 3 aromatic carbocycles. The van der Waals surface area contributed by atoms with E-state index in [0.29, 0.717) is 0 Å². The lowest BCUT2D eigenvalue weighted by atomic mass is 10.1. The molecule has 3 heteroatoms. The van der Waals surface area contributed by atoms with E-state index in [1.807, 2.05) is 0 Å². The fourth-order valence-electron chi connectivity index (χ4n) is 3.15.